The van der Waals surface area contributed by atoms with Crippen LogP contribution in [0.4, 0.5) is 22.9 Å². The number of carbonyl (C=O) groups excluding carboxylic acids is 5. The summed E-state index contributed by atoms with van der Waals surface area (Å²) in [5, 5.41) is 23.4. The lowest BCUT2D eigenvalue weighted by Crippen LogP contribution is -2.46. The van der Waals surface area contributed by atoms with Gasteiger partial charge in [-0.3, -0.25) is 33.9 Å². The molecule has 0 aliphatic carbocycles. The van der Waals surface area contributed by atoms with E-state index < -0.39 is 35.5 Å². The number of aromatic nitrogens is 6. The molecule has 0 spiro atoms. The quantitative estimate of drug-likeness (QED) is 0.0620. The molecule has 0 saturated carbocycles. The SMILES string of the molecule is CCc1cc(NC(=O)C(=O)N2C[C@@H](C)CCC2c2ccc3sc(C4CCN(C)C4)nc3c2)cnc1C.CCc1cc(NC(=O)C(=O)N2C[C@@H](C)CCC2c2ccc3sc(C4CCN(C)C4)nc3c2)cnc1N.CCc1cc(NC(=O)C(=O)O)cnc1C.C[C@H]1CC=C(c2ccc3sc(C4CCN(C)C4)nc3c2)NC1. The number of nitrogens with zero attached hydrogens (tertiary/aromatic N) is 11. The fraction of sp³-hybridized carbons (Fsp3) is 0.470. The first-order valence-electron chi connectivity index (χ1n) is 38.5. The Balaban J connectivity index is 0.000000142. The fourth-order valence-electron chi connectivity index (χ4n) is 15.5. The molecule has 109 heavy (non-hydrogen) atoms. The summed E-state index contributed by atoms with van der Waals surface area (Å²) in [7, 11) is 6.52. The maximum Gasteiger partial charge on any atom is 0.394 e. The smallest absolute Gasteiger partial charge is 0.394 e. The van der Waals surface area contributed by atoms with Crippen LogP contribution in [0, 0.1) is 31.6 Å². The molecule has 7 N–H and O–H groups in total. The van der Waals surface area contributed by atoms with Crippen LogP contribution in [0.1, 0.15) is 183 Å². The maximum absolute atomic E-state index is 13.4. The number of allylic oxidation sites excluding steroid dienone is 1. The van der Waals surface area contributed by atoms with Gasteiger partial charge in [0.1, 0.15) is 5.82 Å². The van der Waals surface area contributed by atoms with E-state index in [0.717, 1.165) is 159 Å². The van der Waals surface area contributed by atoms with Gasteiger partial charge in [-0.25, -0.2) is 24.7 Å². The summed E-state index contributed by atoms with van der Waals surface area (Å²) < 4.78 is 3.67. The number of hydrogen-bond acceptors (Lipinski definition) is 20. The van der Waals surface area contributed by atoms with Crippen molar-refractivity contribution in [2.24, 2.45) is 17.8 Å². The fourth-order valence-corrected chi connectivity index (χ4v) is 18.7. The van der Waals surface area contributed by atoms with Gasteiger partial charge in [0.15, 0.2) is 0 Å². The molecule has 6 aromatic heterocycles. The van der Waals surface area contributed by atoms with Crippen LogP contribution in [0.2, 0.25) is 0 Å². The number of amides is 5. The molecule has 15 rings (SSSR count). The molecule has 576 valence electrons. The number of likely N-dealkylation sites (tertiary alicyclic amines) is 5. The number of rotatable bonds is 12. The van der Waals surface area contributed by atoms with E-state index in [-0.39, 0.29) is 12.1 Å². The molecule has 0 radical (unpaired) electrons. The number of nitrogens with two attached hydrogens (primary N) is 1. The van der Waals surface area contributed by atoms with Crippen molar-refractivity contribution in [3.8, 4) is 0 Å². The van der Waals surface area contributed by atoms with E-state index in [2.05, 4.69) is 160 Å². The van der Waals surface area contributed by atoms with Crippen molar-refractivity contribution in [2.75, 3.05) is 102 Å². The Morgan fingerprint density at radius 2 is 0.908 bits per heavy atom. The molecule has 6 aliphatic rings. The zero-order chi connectivity index (χ0) is 77.3. The van der Waals surface area contributed by atoms with Gasteiger partial charge in [0.25, 0.3) is 0 Å². The number of likely N-dealkylation sites (N-methyl/N-ethyl adjacent to an activating group) is 3. The van der Waals surface area contributed by atoms with Gasteiger partial charge in [-0.2, -0.15) is 0 Å². The number of pyridine rings is 3. The number of carboxylic acid groups (broad SMARTS) is 1. The lowest BCUT2D eigenvalue weighted by Gasteiger charge is -2.38. The Bertz CT molecular complexity index is 4650. The van der Waals surface area contributed by atoms with Gasteiger partial charge >= 0.3 is 35.5 Å². The summed E-state index contributed by atoms with van der Waals surface area (Å²) in [4.78, 5) is 112. The second-order valence-electron chi connectivity index (χ2n) is 30.6. The molecule has 5 fully saturated rings. The molecule has 5 amide bonds. The number of carbonyl (C=O) groups is 6. The zero-order valence-corrected chi connectivity index (χ0v) is 67.1. The van der Waals surface area contributed by atoms with E-state index in [4.69, 9.17) is 25.8 Å². The normalized spacial score (nSPS) is 21.7. The first-order chi connectivity index (χ1) is 52.4. The van der Waals surface area contributed by atoms with E-state index in [9.17, 15) is 28.8 Å². The summed E-state index contributed by atoms with van der Waals surface area (Å²) >= 11 is 5.43. The Morgan fingerprint density at radius 1 is 0.505 bits per heavy atom. The number of piperidine rings is 2. The topological polar surface area (TPSA) is 290 Å². The van der Waals surface area contributed by atoms with Gasteiger partial charge in [-0.05, 0) is 231 Å². The van der Waals surface area contributed by atoms with Crippen molar-refractivity contribution in [3.05, 3.63) is 157 Å². The molecule has 3 aromatic carbocycles. The van der Waals surface area contributed by atoms with E-state index in [1.165, 1.54) is 65.7 Å². The molecule has 5 unspecified atom stereocenters. The summed E-state index contributed by atoms with van der Waals surface area (Å²) in [5.74, 6) is -1.36. The van der Waals surface area contributed by atoms with E-state index >= 15 is 0 Å². The summed E-state index contributed by atoms with van der Waals surface area (Å²) in [6, 6.07) is 24.6. The molecule has 8 atom stereocenters. The number of aryl methyl sites for hydroxylation is 5. The van der Waals surface area contributed by atoms with E-state index in [0.29, 0.717) is 72.0 Å². The Morgan fingerprint density at radius 3 is 1.30 bits per heavy atom. The van der Waals surface area contributed by atoms with Gasteiger partial charge in [-0.1, -0.05) is 65.8 Å². The molecule has 26 heteroatoms. The third-order valence-electron chi connectivity index (χ3n) is 22.0. The van der Waals surface area contributed by atoms with Gasteiger partial charge in [-0.15, -0.1) is 34.0 Å². The standard InChI is InChI=1S/C28H35N5O2S.C27H34N6O2S.C18H23N3S.C10H12N2O3/c1-5-19-12-22(14-29-18(19)3)30-26(34)28(35)33-15-17(2)6-8-24(33)20-7-9-25-23(13-20)31-27(36-25)21-10-11-32(4)16-21;1-4-17-11-20(13-29-24(17)28)30-25(34)27(35)33-14-16(2)5-7-22(33)18-6-8-23-21(12-18)31-26(36-23)19-9-10-32(3)15-19;1-12-3-5-15(19-10-12)13-4-6-17-16(9-13)20-18(22-17)14-7-8-21(2)11-14;1-3-7-4-8(5-11-6(7)2)12-9(13)10(14)15/h7,9,12-14,17,21,24H,5-6,8,10-11,15-16H2,1-4H3,(H,30,34);6,8,11-13,16,19,22H,4-5,7,9-10,14-15H2,1-3H3,(H2,28,29)(H,30,34);4-6,9,12,14,19H,3,7-8,10-11H2,1-2H3;4-5H,3H2,1-2H3,(H,12,13)(H,14,15)/t17-,21?,24?;16-,19?,22?;12-,14?;/m000./s1. The first kappa shape index (κ1) is 79.4. The highest BCUT2D eigenvalue weighted by molar-refractivity contribution is 7.19. The number of thiazole rings is 3. The van der Waals surface area contributed by atoms with Crippen LogP contribution in [0.3, 0.4) is 0 Å². The maximum atomic E-state index is 13.4. The summed E-state index contributed by atoms with van der Waals surface area (Å²) in [5.41, 5.74) is 19.8. The number of fused-ring (bicyclic) bond motifs is 3. The summed E-state index contributed by atoms with van der Waals surface area (Å²) in [6.45, 7) is 25.2. The lowest BCUT2D eigenvalue weighted by molar-refractivity contribution is -0.147. The van der Waals surface area contributed by atoms with Crippen LogP contribution in [-0.4, -0.2) is 175 Å². The summed E-state index contributed by atoms with van der Waals surface area (Å²) in [6.07, 6.45) is 17.6. The number of aliphatic carboxylic acids is 1. The van der Waals surface area contributed by atoms with Crippen LogP contribution in [0.5, 0.6) is 0 Å². The average Bonchev–Trinajstić information content (AvgIpc) is 1.75. The molecule has 0 bridgehead atoms. The third kappa shape index (κ3) is 19.5. The number of carboxylic acids is 1. The Labute approximate surface area is 651 Å². The largest absolute Gasteiger partial charge is 0.474 e. The predicted octanol–water partition coefficient (Wildman–Crippen LogP) is 13.8. The highest BCUT2D eigenvalue weighted by atomic mass is 32.1. The molecule has 5 saturated heterocycles. The third-order valence-corrected chi connectivity index (χ3v) is 25.6. The minimum absolute atomic E-state index is 0.131. The van der Waals surface area contributed by atoms with Gasteiger partial charge < -0.3 is 56.6 Å². The Kier molecular flexibility index (Phi) is 26.0. The number of hydrogen-bond donors (Lipinski definition) is 6. The van der Waals surface area contributed by atoms with Gasteiger partial charge in [0, 0.05) is 74.1 Å². The molecular weight excluding hydrogens is 1430 g/mol. The van der Waals surface area contributed by atoms with Crippen molar-refractivity contribution < 1.29 is 33.9 Å². The van der Waals surface area contributed by atoms with Gasteiger partial charge in [0.2, 0.25) is 0 Å². The number of anilines is 4. The number of benzene rings is 3. The number of nitrogen functional groups attached to an aromatic ring is 1. The second-order valence-corrected chi connectivity index (χ2v) is 33.8. The average molecular weight is 1530 g/mol. The van der Waals surface area contributed by atoms with Crippen LogP contribution in [0.15, 0.2) is 97.5 Å². The van der Waals surface area contributed by atoms with Crippen molar-refractivity contribution in [3.63, 3.8) is 0 Å². The van der Waals surface area contributed by atoms with Crippen molar-refractivity contribution in [1.82, 2.24) is 59.7 Å². The van der Waals surface area contributed by atoms with Crippen LogP contribution in [0.25, 0.3) is 36.3 Å². The van der Waals surface area contributed by atoms with Gasteiger partial charge in [0.05, 0.1) is 93.4 Å². The highest BCUT2D eigenvalue weighted by Crippen LogP contribution is 2.41. The zero-order valence-electron chi connectivity index (χ0n) is 64.6. The highest BCUT2D eigenvalue weighted by Gasteiger charge is 2.37. The molecular formula is C83H104N16O7S3. The van der Waals surface area contributed by atoms with Crippen LogP contribution in [-0.2, 0) is 48.0 Å². The van der Waals surface area contributed by atoms with E-state index in [1.54, 1.807) is 50.8 Å². The molecule has 9 aromatic rings. The molecule has 6 aliphatic heterocycles. The van der Waals surface area contributed by atoms with Crippen molar-refractivity contribution in [2.45, 2.75) is 156 Å². The molecule has 23 nitrogen and oxygen atoms in total. The van der Waals surface area contributed by atoms with Crippen molar-refractivity contribution >= 4 is 129 Å². The Hall–Kier alpha value is -9.18. The van der Waals surface area contributed by atoms with E-state index in [1.807, 2.05) is 45.1 Å². The minimum atomic E-state index is -1.51. The van der Waals surface area contributed by atoms with Crippen LogP contribution >= 0.6 is 34.0 Å². The predicted molar refractivity (Wildman–Crippen MR) is 437 cm³/mol. The van der Waals surface area contributed by atoms with Crippen molar-refractivity contribution in [1.29, 1.82) is 0 Å². The van der Waals surface area contributed by atoms with Crippen LogP contribution < -0.4 is 27.0 Å². The minimum Gasteiger partial charge on any atom is -0.474 e. The lowest BCUT2D eigenvalue weighted by atomic mass is 9.89. The first-order valence-corrected chi connectivity index (χ1v) is 41.0. The second kappa shape index (κ2) is 35.7. The number of nitrogens with one attached hydrogen (secondary N) is 4. The monoisotopic (exact) mass is 1530 g/mol. The molecule has 12 heterocycles.